The van der Waals surface area contributed by atoms with Crippen LogP contribution in [0, 0.1) is 0 Å². The van der Waals surface area contributed by atoms with Crippen molar-refractivity contribution >= 4 is 45.5 Å². The topological polar surface area (TPSA) is 575 Å². The molecule has 0 radical (unpaired) electrons. The van der Waals surface area contributed by atoms with Gasteiger partial charge in [-0.2, -0.15) is 0 Å². The Morgan fingerprint density at radius 2 is 0.322 bits per heavy atom. The number of methoxy groups -OCH3 is 1. The molecule has 0 saturated carbocycles. The smallest absolute Gasteiger partial charge is 0.336 e. The number of hydrogen-bond donors (Lipinski definition) is 13. The molecule has 13 N–H and O–H groups in total. The van der Waals surface area contributed by atoms with Gasteiger partial charge in [-0.1, -0.05) is 12.1 Å². The molecule has 0 spiro atoms. The quantitative estimate of drug-likeness (QED) is 0.0168. The van der Waals surface area contributed by atoms with Gasteiger partial charge in [0.05, 0.1) is 166 Å². The van der Waals surface area contributed by atoms with Gasteiger partial charge in [0.15, 0.2) is 0 Å². The zero-order valence-corrected chi connectivity index (χ0v) is 86.0. The third kappa shape index (κ3) is 32.0. The Hall–Kier alpha value is -12.1. The molecule has 0 aliphatic rings. The van der Waals surface area contributed by atoms with Crippen LogP contribution in [0.1, 0.15) is 5.56 Å². The highest BCUT2D eigenvalue weighted by Gasteiger charge is 2.32. The van der Waals surface area contributed by atoms with E-state index in [9.17, 15) is 124 Å². The number of aliphatic hydroxyl groups excluding tert-OH is 13. The molecule has 12 unspecified atom stereocenters. The summed E-state index contributed by atoms with van der Waals surface area (Å²) in [5.41, 5.74) is -10.4. The molecule has 50 heteroatoms. The van der Waals surface area contributed by atoms with Crippen molar-refractivity contribution in [3.05, 3.63) is 253 Å². The van der Waals surface area contributed by atoms with E-state index in [-0.39, 0.29) is 70.3 Å². The van der Waals surface area contributed by atoms with E-state index >= 15 is 0 Å². The molecule has 4 heterocycles. The molecule has 12 atom stereocenters. The minimum atomic E-state index is -1.79. The second-order valence-corrected chi connectivity index (χ2v) is 39.2. The Bertz CT molecular complexity index is 5640. The maximum Gasteiger partial charge on any atom is 0.336 e. The predicted octanol–water partition coefficient (Wildman–Crippen LogP) is -8.70. The average Bonchev–Trinajstić information content (AvgIpc) is 0.783. The van der Waals surface area contributed by atoms with E-state index in [1.54, 1.807) is 273 Å². The van der Waals surface area contributed by atoms with Crippen molar-refractivity contribution in [2.45, 2.75) is 158 Å². The van der Waals surface area contributed by atoms with Gasteiger partial charge in [-0.15, -0.1) is 0 Å². The van der Waals surface area contributed by atoms with Crippen LogP contribution in [-0.4, -0.2) is 432 Å². The highest BCUT2D eigenvalue weighted by Crippen LogP contribution is 2.41. The average molecular weight is 2050 g/mol. The second-order valence-electron chi connectivity index (χ2n) is 39.2. The second kappa shape index (κ2) is 53.5. The number of nitrogens with zero attached hydrogens (tertiary/aromatic N) is 24. The van der Waals surface area contributed by atoms with Gasteiger partial charge in [0.2, 0.25) is 0 Å². The molecule has 0 aliphatic heterocycles. The minimum absolute atomic E-state index is 0.0355. The Labute approximate surface area is 841 Å². The van der Waals surface area contributed by atoms with Crippen molar-refractivity contribution in [3.63, 3.8) is 0 Å². The number of rotatable bonds is 58. The number of anilines is 8. The first-order valence-electron chi connectivity index (χ1n) is 47.6. The number of likely N-dealkylation sites (N-methyl/N-ethyl adjacent to an activating group) is 8. The summed E-state index contributed by atoms with van der Waals surface area (Å²) >= 11 is 0. The largest absolute Gasteiger partial charge is 0.497 e. The number of aromatic nitrogens is 12. The first-order chi connectivity index (χ1) is 68.8. The summed E-state index contributed by atoms with van der Waals surface area (Å²) in [5.74, 6) is 0.485. The lowest BCUT2D eigenvalue weighted by molar-refractivity contribution is 0.101. The van der Waals surface area contributed by atoms with Crippen LogP contribution in [0.5, 0.6) is 5.75 Å². The van der Waals surface area contributed by atoms with Gasteiger partial charge < -0.3 is 130 Å². The lowest BCUT2D eigenvalue weighted by Crippen LogP contribution is -2.58. The third-order valence-electron chi connectivity index (χ3n) is 23.6. The van der Waals surface area contributed by atoms with Crippen LogP contribution in [0.25, 0.3) is 0 Å². The summed E-state index contributed by atoms with van der Waals surface area (Å²) in [7, 11) is 27.8. The zero-order valence-electron chi connectivity index (χ0n) is 86.0. The summed E-state index contributed by atoms with van der Waals surface area (Å²) in [5, 5.41) is 149. The molecule has 146 heavy (non-hydrogen) atoms. The summed E-state index contributed by atoms with van der Waals surface area (Å²) in [6.07, 6.45) is -17.9. The zero-order chi connectivity index (χ0) is 108. The van der Waals surface area contributed by atoms with Crippen LogP contribution < -0.4 is 92.6 Å². The number of hydrogen-bond acceptors (Lipinski definition) is 38. The predicted molar refractivity (Wildman–Crippen MR) is 550 cm³/mol. The van der Waals surface area contributed by atoms with Crippen LogP contribution in [0.2, 0.25) is 0 Å². The lowest BCUT2D eigenvalue weighted by atomic mass is 10.1. The highest BCUT2D eigenvalue weighted by atomic mass is 16.5. The molecule has 9 aromatic rings. The van der Waals surface area contributed by atoms with Gasteiger partial charge >= 0.3 is 68.3 Å². The summed E-state index contributed by atoms with van der Waals surface area (Å²) in [6, 6.07) is 34.2. The Morgan fingerprint density at radius 1 is 0.199 bits per heavy atom. The van der Waals surface area contributed by atoms with Gasteiger partial charge in [-0.3, -0.25) is 0 Å². The molecule has 0 saturated heterocycles. The third-order valence-corrected chi connectivity index (χ3v) is 23.6. The van der Waals surface area contributed by atoms with Gasteiger partial charge in [0.1, 0.15) is 5.75 Å². The SMILES string of the molecule is COc1ccc(N(c2ccc(N(CC(O)Cn3c(=O)n(CC(O)CN(C)C)c(=O)n(CC(O)CN(C)C)c3=O)CC(O)Cn3c(=O)n(CC(O)CN(C)C)c(=O)n(CC(O)CN(C)C)c3=O)cc2)c2ccc(N(c3ccc(CO)cc3)c3ccc(N(CC(O)Cn4c(=O)n(CC(O)CN(C)C)c(=O)n(CC(O)CN(C)C)c4=O)CC(O)Cn4c(=O)n(CC(O)CN(C)C)c(=O)n(CC(O)CN(C)C)c4=O)cc3)cc2)cc1. The van der Waals surface area contributed by atoms with Crippen molar-refractivity contribution in [2.24, 2.45) is 0 Å². The van der Waals surface area contributed by atoms with Crippen molar-refractivity contribution in [2.75, 3.05) is 218 Å². The lowest BCUT2D eigenvalue weighted by Gasteiger charge is -2.32. The standard InChI is InChI=1S/C96H146N24O26/c1-97(2)38-72(122)50-107-85(134)108(51-73(123)39-98(3)4)90(139)115(89(107)138)58-80(130)46-105(47-81(131)59-116-91(140)109(52-74(124)40-99(5)6)86(135)110(92(116)141)53-75(125)41-100(7)8)64-22-26-67(27-23-64)119(66-20-18-63(62-121)19-21-66)69-30-32-70(33-31-69)120(71-34-36-84(146-17)37-35-71)68-28-24-65(25-29-68)106(48-82(132)60-117-93(142)111(54-76(126)42-101(9)10)87(136)112(94(117)143)55-77(127)43-102(11)12)49-83(133)61-118-95(144)113(56-78(128)44-103(13)14)88(137)114(96(118)145)57-79(129)45-104(15)16/h18-37,72-83,121-133H,38-62H2,1-17H3. The Kier molecular flexibility index (Phi) is 43.0. The van der Waals surface area contributed by atoms with E-state index in [1.807, 2.05) is 9.80 Å². The van der Waals surface area contributed by atoms with Gasteiger partial charge in [-0.25, -0.2) is 112 Å². The van der Waals surface area contributed by atoms with Crippen LogP contribution in [0.3, 0.4) is 0 Å². The van der Waals surface area contributed by atoms with E-state index in [4.69, 9.17) is 4.74 Å². The molecule has 50 nitrogen and oxygen atoms in total. The Balaban J connectivity index is 1.16. The van der Waals surface area contributed by atoms with Crippen LogP contribution in [0.15, 0.2) is 179 Å². The monoisotopic (exact) mass is 2050 g/mol. The molecule has 806 valence electrons. The number of aliphatic hydroxyl groups is 13. The van der Waals surface area contributed by atoms with Crippen molar-refractivity contribution in [1.82, 2.24) is 94.0 Å². The maximum absolute atomic E-state index is 14.6. The molecule has 0 amide bonds. The summed E-state index contributed by atoms with van der Waals surface area (Å²) in [6.45, 7) is -11.3. The molecule has 9 rings (SSSR count). The van der Waals surface area contributed by atoms with E-state index in [2.05, 4.69) is 0 Å². The molecular weight excluding hydrogens is 1910 g/mol. The number of benzene rings is 5. The van der Waals surface area contributed by atoms with Crippen LogP contribution in [0.4, 0.5) is 45.5 Å². The van der Waals surface area contributed by atoms with Gasteiger partial charge in [0, 0.05) is 124 Å². The van der Waals surface area contributed by atoms with Crippen molar-refractivity contribution in [3.8, 4) is 5.75 Å². The molecule has 0 bridgehead atoms. The molecular formula is C96H146N24O26. The van der Waals surface area contributed by atoms with Gasteiger partial charge in [0.25, 0.3) is 0 Å². The summed E-state index contributed by atoms with van der Waals surface area (Å²) < 4.78 is 12.9. The van der Waals surface area contributed by atoms with E-state index in [0.717, 1.165) is 0 Å². The van der Waals surface area contributed by atoms with Crippen LogP contribution >= 0.6 is 0 Å². The maximum atomic E-state index is 14.6. The molecule has 5 aromatic carbocycles. The fraction of sp³-hybridized carbons (Fsp3) is 0.562. The van der Waals surface area contributed by atoms with Crippen LogP contribution in [-0.2, 0) is 85.1 Å². The Morgan fingerprint density at radius 3 is 0.452 bits per heavy atom. The normalized spacial score (nSPS) is 14.6. The first-order valence-corrected chi connectivity index (χ1v) is 47.6. The fourth-order valence-corrected chi connectivity index (χ4v) is 17.5. The van der Waals surface area contributed by atoms with E-state index in [0.29, 0.717) is 100 Å². The first kappa shape index (κ1) is 117. The molecule has 4 aromatic heterocycles. The van der Waals surface area contributed by atoms with Crippen molar-refractivity contribution < 1.29 is 71.1 Å². The van der Waals surface area contributed by atoms with E-state index < -0.39 is 246 Å². The summed E-state index contributed by atoms with van der Waals surface area (Å²) in [4.78, 5) is 193. The minimum Gasteiger partial charge on any atom is -0.497 e. The van der Waals surface area contributed by atoms with Crippen molar-refractivity contribution in [1.29, 1.82) is 0 Å². The fourth-order valence-electron chi connectivity index (χ4n) is 17.5. The van der Waals surface area contributed by atoms with E-state index in [1.165, 1.54) is 16.9 Å². The number of ether oxygens (including phenoxy) is 1. The van der Waals surface area contributed by atoms with Gasteiger partial charge in [-0.05, 0) is 228 Å². The molecule has 0 fully saturated rings. The molecule has 0 aliphatic carbocycles. The highest BCUT2D eigenvalue weighted by molar-refractivity contribution is 5.82.